The van der Waals surface area contributed by atoms with Gasteiger partial charge in [-0.25, -0.2) is 0 Å². The van der Waals surface area contributed by atoms with Crippen LogP contribution in [0.15, 0.2) is 0 Å². The van der Waals surface area contributed by atoms with Crippen LogP contribution < -0.4 is 10.6 Å². The lowest BCUT2D eigenvalue weighted by Crippen LogP contribution is -2.40. The summed E-state index contributed by atoms with van der Waals surface area (Å²) in [7, 11) is 1.68. The second kappa shape index (κ2) is 6.83. The normalized spacial score (nSPS) is 20.7. The highest BCUT2D eigenvalue weighted by Gasteiger charge is 2.18. The van der Waals surface area contributed by atoms with Crippen molar-refractivity contribution in [2.45, 2.75) is 51.5 Å². The molecule has 1 aliphatic rings. The van der Waals surface area contributed by atoms with E-state index in [9.17, 15) is 4.79 Å². The first-order valence-corrected chi connectivity index (χ1v) is 6.18. The van der Waals surface area contributed by atoms with E-state index in [1.165, 1.54) is 38.5 Å². The molecule has 0 heterocycles. The minimum absolute atomic E-state index is 0.0791. The Morgan fingerprint density at radius 3 is 2.40 bits per heavy atom. The zero-order valence-electron chi connectivity index (χ0n) is 10.0. The van der Waals surface area contributed by atoms with E-state index in [4.69, 9.17) is 0 Å². The van der Waals surface area contributed by atoms with Gasteiger partial charge in [0.2, 0.25) is 5.91 Å². The average Bonchev–Trinajstić information content (AvgIpc) is 2.53. The van der Waals surface area contributed by atoms with E-state index in [1.54, 1.807) is 7.05 Å². The molecule has 3 nitrogen and oxygen atoms in total. The van der Waals surface area contributed by atoms with Gasteiger partial charge >= 0.3 is 0 Å². The first-order chi connectivity index (χ1) is 7.24. The van der Waals surface area contributed by atoms with Gasteiger partial charge in [-0.05, 0) is 25.7 Å². The van der Waals surface area contributed by atoms with Crippen molar-refractivity contribution in [2.75, 3.05) is 13.6 Å². The van der Waals surface area contributed by atoms with Crippen molar-refractivity contribution in [3.8, 4) is 0 Å². The molecule has 1 rings (SSSR count). The second-order valence-electron chi connectivity index (χ2n) is 4.59. The summed E-state index contributed by atoms with van der Waals surface area (Å²) in [4.78, 5) is 11.1. The smallest absolute Gasteiger partial charge is 0.233 e. The van der Waals surface area contributed by atoms with E-state index in [-0.39, 0.29) is 5.91 Å². The molecule has 0 saturated heterocycles. The van der Waals surface area contributed by atoms with Crippen molar-refractivity contribution >= 4 is 5.91 Å². The maximum atomic E-state index is 11.1. The lowest BCUT2D eigenvalue weighted by Gasteiger charge is -2.23. The maximum absolute atomic E-state index is 11.1. The number of rotatable bonds is 4. The quantitative estimate of drug-likeness (QED) is 0.696. The fourth-order valence-electron chi connectivity index (χ4n) is 2.32. The molecule has 0 aromatic heterocycles. The maximum Gasteiger partial charge on any atom is 0.233 e. The first-order valence-electron chi connectivity index (χ1n) is 6.18. The van der Waals surface area contributed by atoms with E-state index in [1.807, 2.05) is 0 Å². The van der Waals surface area contributed by atoms with Crippen LogP contribution in [0.25, 0.3) is 0 Å². The molecular weight excluding hydrogens is 188 g/mol. The summed E-state index contributed by atoms with van der Waals surface area (Å²) >= 11 is 0. The minimum atomic E-state index is 0.0791. The van der Waals surface area contributed by atoms with Crippen molar-refractivity contribution in [3.63, 3.8) is 0 Å². The molecule has 0 unspecified atom stereocenters. The molecule has 0 aromatic carbocycles. The summed E-state index contributed by atoms with van der Waals surface area (Å²) < 4.78 is 0. The van der Waals surface area contributed by atoms with E-state index >= 15 is 0 Å². The molecule has 0 bridgehead atoms. The van der Waals surface area contributed by atoms with E-state index in [2.05, 4.69) is 17.6 Å². The highest BCUT2D eigenvalue weighted by Crippen LogP contribution is 2.25. The molecule has 0 aliphatic heterocycles. The van der Waals surface area contributed by atoms with Gasteiger partial charge < -0.3 is 10.6 Å². The molecule has 1 atom stereocenters. The third-order valence-corrected chi connectivity index (χ3v) is 3.47. The Hall–Kier alpha value is -0.570. The van der Waals surface area contributed by atoms with Crippen LogP contribution in [0.3, 0.4) is 0 Å². The Kier molecular flexibility index (Phi) is 5.69. The van der Waals surface area contributed by atoms with Crippen LogP contribution in [0.1, 0.15) is 45.4 Å². The monoisotopic (exact) mass is 212 g/mol. The zero-order chi connectivity index (χ0) is 11.1. The van der Waals surface area contributed by atoms with Crippen molar-refractivity contribution in [2.24, 2.45) is 5.92 Å². The summed E-state index contributed by atoms with van der Waals surface area (Å²) in [6.45, 7) is 2.66. The zero-order valence-corrected chi connectivity index (χ0v) is 10.0. The molecule has 88 valence electrons. The molecule has 1 fully saturated rings. The Labute approximate surface area is 93.0 Å². The molecule has 0 radical (unpaired) electrons. The Morgan fingerprint density at radius 1 is 1.27 bits per heavy atom. The summed E-state index contributed by atoms with van der Waals surface area (Å²) in [6, 6.07) is 0.473. The molecule has 0 spiro atoms. The van der Waals surface area contributed by atoms with Crippen LogP contribution in [-0.4, -0.2) is 25.5 Å². The molecular formula is C12H24N2O. The third kappa shape index (κ3) is 4.65. The highest BCUT2D eigenvalue weighted by atomic mass is 16.1. The molecule has 2 N–H and O–H groups in total. The predicted octanol–water partition coefficient (Wildman–Crippen LogP) is 1.68. The Morgan fingerprint density at radius 2 is 1.87 bits per heavy atom. The summed E-state index contributed by atoms with van der Waals surface area (Å²) in [5.41, 5.74) is 0. The number of likely N-dealkylation sites (N-methyl/N-ethyl adjacent to an activating group) is 1. The van der Waals surface area contributed by atoms with Crippen molar-refractivity contribution in [1.29, 1.82) is 0 Å². The molecule has 3 heteroatoms. The molecule has 1 amide bonds. The summed E-state index contributed by atoms with van der Waals surface area (Å²) in [5, 5.41) is 5.95. The first kappa shape index (κ1) is 12.5. The van der Waals surface area contributed by atoms with Gasteiger partial charge in [0.25, 0.3) is 0 Å². The fraction of sp³-hybridized carbons (Fsp3) is 0.917. The van der Waals surface area contributed by atoms with Crippen molar-refractivity contribution in [3.05, 3.63) is 0 Å². The van der Waals surface area contributed by atoms with Crippen molar-refractivity contribution in [1.82, 2.24) is 10.6 Å². The standard InChI is InChI=1S/C12H24N2O/c1-10(14-9-12(15)13-2)11-7-5-3-4-6-8-11/h10-11,14H,3-9H2,1-2H3,(H,13,15)/t10-/m1/s1. The van der Waals surface area contributed by atoms with Crippen LogP contribution in [0.2, 0.25) is 0 Å². The highest BCUT2D eigenvalue weighted by molar-refractivity contribution is 5.77. The molecule has 1 saturated carbocycles. The van der Waals surface area contributed by atoms with Gasteiger partial charge in [0.15, 0.2) is 0 Å². The average molecular weight is 212 g/mol. The molecule has 1 aliphatic carbocycles. The van der Waals surface area contributed by atoms with Crippen LogP contribution in [-0.2, 0) is 4.79 Å². The largest absolute Gasteiger partial charge is 0.358 e. The van der Waals surface area contributed by atoms with Gasteiger partial charge in [-0.2, -0.15) is 0 Å². The minimum Gasteiger partial charge on any atom is -0.358 e. The van der Waals surface area contributed by atoms with Gasteiger partial charge in [-0.15, -0.1) is 0 Å². The SMILES string of the molecule is CNC(=O)CN[C@H](C)C1CCCCCC1. The number of amides is 1. The van der Waals surface area contributed by atoms with Crippen LogP contribution in [0.4, 0.5) is 0 Å². The number of hydrogen-bond acceptors (Lipinski definition) is 2. The van der Waals surface area contributed by atoms with E-state index < -0.39 is 0 Å². The predicted molar refractivity (Wildman–Crippen MR) is 62.7 cm³/mol. The fourth-order valence-corrected chi connectivity index (χ4v) is 2.32. The van der Waals surface area contributed by atoms with Gasteiger partial charge in [-0.1, -0.05) is 25.7 Å². The van der Waals surface area contributed by atoms with Gasteiger partial charge in [0.05, 0.1) is 6.54 Å². The molecule has 0 aromatic rings. The Balaban J connectivity index is 2.24. The van der Waals surface area contributed by atoms with Gasteiger partial charge in [0.1, 0.15) is 0 Å². The van der Waals surface area contributed by atoms with Crippen LogP contribution >= 0.6 is 0 Å². The number of carbonyl (C=O) groups excluding carboxylic acids is 1. The third-order valence-electron chi connectivity index (χ3n) is 3.47. The Bertz CT molecular complexity index is 186. The lowest BCUT2D eigenvalue weighted by molar-refractivity contribution is -0.119. The lowest BCUT2D eigenvalue weighted by atomic mass is 9.93. The number of hydrogen-bond donors (Lipinski definition) is 2. The number of nitrogens with one attached hydrogen (secondary N) is 2. The van der Waals surface area contributed by atoms with Gasteiger partial charge in [0, 0.05) is 13.1 Å². The molecule has 15 heavy (non-hydrogen) atoms. The second-order valence-corrected chi connectivity index (χ2v) is 4.59. The van der Waals surface area contributed by atoms with E-state index in [0.29, 0.717) is 12.6 Å². The van der Waals surface area contributed by atoms with Crippen LogP contribution in [0.5, 0.6) is 0 Å². The van der Waals surface area contributed by atoms with Crippen molar-refractivity contribution < 1.29 is 4.79 Å². The summed E-state index contributed by atoms with van der Waals surface area (Å²) in [5.74, 6) is 0.840. The van der Waals surface area contributed by atoms with Gasteiger partial charge in [-0.3, -0.25) is 4.79 Å². The van der Waals surface area contributed by atoms with Crippen LogP contribution in [0, 0.1) is 5.92 Å². The summed E-state index contributed by atoms with van der Waals surface area (Å²) in [6.07, 6.45) is 8.13. The topological polar surface area (TPSA) is 41.1 Å². The number of carbonyl (C=O) groups is 1. The van der Waals surface area contributed by atoms with E-state index in [0.717, 1.165) is 5.92 Å².